The first-order valence-corrected chi connectivity index (χ1v) is 4.60. The summed E-state index contributed by atoms with van der Waals surface area (Å²) in [6.07, 6.45) is 3.06. The van der Waals surface area contributed by atoms with Gasteiger partial charge in [0.1, 0.15) is 0 Å². The van der Waals surface area contributed by atoms with Gasteiger partial charge in [0.25, 0.3) is 0 Å². The van der Waals surface area contributed by atoms with Gasteiger partial charge in [-0.1, -0.05) is 0 Å². The van der Waals surface area contributed by atoms with Crippen LogP contribution in [0, 0.1) is 0 Å². The van der Waals surface area contributed by atoms with Crippen molar-refractivity contribution >= 4 is 11.8 Å². The lowest BCUT2D eigenvalue weighted by atomic mass is 10.1. The van der Waals surface area contributed by atoms with Gasteiger partial charge in [0.2, 0.25) is 0 Å². The third-order valence-electron chi connectivity index (χ3n) is 2.31. The van der Waals surface area contributed by atoms with Crippen LogP contribution in [0.1, 0.15) is 16.8 Å². The van der Waals surface area contributed by atoms with Crippen LogP contribution in [0.5, 0.6) is 0 Å². The van der Waals surface area contributed by atoms with Crippen LogP contribution < -0.4 is 5.32 Å². The Bertz CT molecular complexity index is 391. The lowest BCUT2D eigenvalue weighted by Crippen LogP contribution is -2.13. The maximum atomic E-state index is 11.7. The molecule has 1 saturated heterocycles. The summed E-state index contributed by atoms with van der Waals surface area (Å²) in [5.41, 5.74) is 0.517. The predicted octanol–water partition coefficient (Wildman–Crippen LogP) is 0.0794. The highest BCUT2D eigenvalue weighted by Crippen LogP contribution is 2.19. The topological polar surface area (TPSA) is 89.2 Å². The van der Waals surface area contributed by atoms with Crippen molar-refractivity contribution in [3.63, 3.8) is 0 Å². The molecule has 1 aromatic rings. The van der Waals surface area contributed by atoms with Crippen molar-refractivity contribution in [1.29, 1.82) is 0 Å². The number of ketones is 1. The molecule has 0 amide bonds. The molecule has 5 nitrogen and oxygen atoms in total. The van der Waals surface area contributed by atoms with Gasteiger partial charge in [-0.2, -0.15) is 0 Å². The zero-order valence-corrected chi connectivity index (χ0v) is 7.88. The minimum absolute atomic E-state index is 0.0172. The zero-order chi connectivity index (χ0) is 10.8. The summed E-state index contributed by atoms with van der Waals surface area (Å²) in [4.78, 5) is 25.9. The Hall–Kier alpha value is -1.75. The number of carbonyl (C=O) groups is 2. The molecule has 2 rings (SSSR count). The van der Waals surface area contributed by atoms with E-state index in [4.69, 9.17) is 5.11 Å². The molecule has 0 aliphatic carbocycles. The van der Waals surface area contributed by atoms with Gasteiger partial charge in [-0.3, -0.25) is 14.6 Å². The van der Waals surface area contributed by atoms with Crippen molar-refractivity contribution in [1.82, 2.24) is 10.3 Å². The van der Waals surface area contributed by atoms with Crippen molar-refractivity contribution in [3.8, 4) is 0 Å². The van der Waals surface area contributed by atoms with Gasteiger partial charge in [-0.05, 0) is 12.1 Å². The lowest BCUT2D eigenvalue weighted by Gasteiger charge is -1.96. The highest BCUT2D eigenvalue weighted by atomic mass is 16.4. The van der Waals surface area contributed by atoms with Crippen LogP contribution in [0.4, 0.5) is 0 Å². The number of nitrogens with zero attached hydrogens (tertiary/aromatic N) is 1. The van der Waals surface area contributed by atoms with E-state index in [2.05, 4.69) is 10.3 Å². The second kappa shape index (κ2) is 3.78. The van der Waals surface area contributed by atoms with E-state index in [1.165, 1.54) is 6.20 Å². The molecule has 2 atom stereocenters. The van der Waals surface area contributed by atoms with Crippen LogP contribution >= 0.6 is 0 Å². The molecule has 5 heteroatoms. The monoisotopic (exact) mass is 206 g/mol. The molecule has 2 unspecified atom stereocenters. The Morgan fingerprint density at radius 2 is 2.33 bits per heavy atom. The van der Waals surface area contributed by atoms with Gasteiger partial charge in [-0.15, -0.1) is 0 Å². The highest BCUT2D eigenvalue weighted by molar-refractivity contribution is 6.02. The average Bonchev–Trinajstić information content (AvgIpc) is 2.96. The third-order valence-corrected chi connectivity index (χ3v) is 2.31. The molecule has 1 fully saturated rings. The molecule has 0 saturated carbocycles. The van der Waals surface area contributed by atoms with E-state index in [1.54, 1.807) is 18.3 Å². The van der Waals surface area contributed by atoms with Gasteiger partial charge in [0.15, 0.2) is 5.78 Å². The number of aromatic nitrogens is 1. The third kappa shape index (κ3) is 2.19. The predicted molar refractivity (Wildman–Crippen MR) is 51.5 cm³/mol. The maximum Gasteiger partial charge on any atom is 0.305 e. The molecule has 0 bridgehead atoms. The van der Waals surface area contributed by atoms with E-state index in [0.717, 1.165) is 0 Å². The fourth-order valence-electron chi connectivity index (χ4n) is 1.49. The number of carboxylic acids is 1. The van der Waals surface area contributed by atoms with E-state index < -0.39 is 5.97 Å². The summed E-state index contributed by atoms with van der Waals surface area (Å²) in [5, 5.41) is 11.4. The summed E-state index contributed by atoms with van der Waals surface area (Å²) in [6.45, 7) is 0. The summed E-state index contributed by atoms with van der Waals surface area (Å²) in [6, 6.07) is 2.77. The van der Waals surface area contributed by atoms with E-state index in [-0.39, 0.29) is 24.3 Å². The molecular formula is C10H10N2O3. The van der Waals surface area contributed by atoms with Gasteiger partial charge in [0.05, 0.1) is 12.5 Å². The van der Waals surface area contributed by atoms with Crippen molar-refractivity contribution in [3.05, 3.63) is 30.1 Å². The summed E-state index contributed by atoms with van der Waals surface area (Å²) in [7, 11) is 0. The first-order valence-electron chi connectivity index (χ1n) is 4.60. The number of carboxylic acid groups (broad SMARTS) is 1. The first kappa shape index (κ1) is 9.79. The quantitative estimate of drug-likeness (QED) is 0.538. The molecular weight excluding hydrogens is 196 g/mol. The zero-order valence-electron chi connectivity index (χ0n) is 7.88. The van der Waals surface area contributed by atoms with Crippen LogP contribution in [-0.2, 0) is 4.79 Å². The highest BCUT2D eigenvalue weighted by Gasteiger charge is 2.43. The number of nitrogens with one attached hydrogen (secondary N) is 1. The van der Waals surface area contributed by atoms with Crippen molar-refractivity contribution in [2.24, 2.45) is 0 Å². The Morgan fingerprint density at radius 1 is 1.53 bits per heavy atom. The molecule has 1 aliphatic heterocycles. The van der Waals surface area contributed by atoms with Gasteiger partial charge >= 0.3 is 5.97 Å². The molecule has 0 spiro atoms. The van der Waals surface area contributed by atoms with Crippen molar-refractivity contribution in [2.45, 2.75) is 18.5 Å². The van der Waals surface area contributed by atoms with E-state index in [1.807, 2.05) is 0 Å². The number of carbonyl (C=O) groups excluding carboxylic acids is 1. The number of rotatable bonds is 4. The van der Waals surface area contributed by atoms with Crippen LogP contribution in [0.15, 0.2) is 24.5 Å². The summed E-state index contributed by atoms with van der Waals surface area (Å²) < 4.78 is 0. The number of pyridine rings is 1. The first-order chi connectivity index (χ1) is 7.18. The summed E-state index contributed by atoms with van der Waals surface area (Å²) >= 11 is 0. The van der Waals surface area contributed by atoms with Crippen LogP contribution in [0.25, 0.3) is 0 Å². The number of aliphatic carboxylic acids is 1. The molecule has 0 aromatic carbocycles. The molecule has 15 heavy (non-hydrogen) atoms. The molecule has 1 aliphatic rings. The second-order valence-corrected chi connectivity index (χ2v) is 3.45. The maximum absolute atomic E-state index is 11.7. The molecule has 78 valence electrons. The molecule has 2 heterocycles. The van der Waals surface area contributed by atoms with Crippen LogP contribution in [0.3, 0.4) is 0 Å². The number of Topliss-reactive ketones (excluding diaryl/α,β-unsaturated/α-hetero) is 1. The molecule has 2 N–H and O–H groups in total. The number of hydrogen-bond donors (Lipinski definition) is 2. The van der Waals surface area contributed by atoms with Crippen molar-refractivity contribution in [2.75, 3.05) is 0 Å². The smallest absolute Gasteiger partial charge is 0.305 e. The SMILES string of the molecule is O=C(O)CC1NC1C(=O)c1cccnc1. The lowest BCUT2D eigenvalue weighted by molar-refractivity contribution is -0.136. The van der Waals surface area contributed by atoms with Crippen molar-refractivity contribution < 1.29 is 14.7 Å². The van der Waals surface area contributed by atoms with Crippen LogP contribution in [0.2, 0.25) is 0 Å². The molecule has 1 aromatic heterocycles. The van der Waals surface area contributed by atoms with E-state index in [9.17, 15) is 9.59 Å². The van der Waals surface area contributed by atoms with Gasteiger partial charge in [0, 0.05) is 24.0 Å². The fraction of sp³-hybridized carbons (Fsp3) is 0.300. The number of hydrogen-bond acceptors (Lipinski definition) is 4. The van der Waals surface area contributed by atoms with E-state index in [0.29, 0.717) is 5.56 Å². The molecule has 0 radical (unpaired) electrons. The Morgan fingerprint density at radius 3 is 2.93 bits per heavy atom. The summed E-state index contributed by atoms with van der Waals surface area (Å²) in [5.74, 6) is -0.983. The Kier molecular flexibility index (Phi) is 2.47. The fourth-order valence-corrected chi connectivity index (χ4v) is 1.49. The normalized spacial score (nSPS) is 23.5. The van der Waals surface area contributed by atoms with Gasteiger partial charge in [-0.25, -0.2) is 0 Å². The van der Waals surface area contributed by atoms with E-state index >= 15 is 0 Å². The van der Waals surface area contributed by atoms with Gasteiger partial charge < -0.3 is 10.4 Å². The minimum Gasteiger partial charge on any atom is -0.481 e. The van der Waals surface area contributed by atoms with Crippen LogP contribution in [-0.4, -0.2) is 33.9 Å². The Labute approximate surface area is 86.1 Å². The second-order valence-electron chi connectivity index (χ2n) is 3.45. The average molecular weight is 206 g/mol. The minimum atomic E-state index is -0.894. The Balaban J connectivity index is 1.98. The largest absolute Gasteiger partial charge is 0.481 e. The standard InChI is InChI=1S/C10H10N2O3/c13-8(14)4-7-9(12-7)10(15)6-2-1-3-11-5-6/h1-3,5,7,9,12H,4H2,(H,13,14).